The van der Waals surface area contributed by atoms with Crippen LogP contribution in [-0.4, -0.2) is 29.9 Å². The molecule has 1 atom stereocenters. The predicted molar refractivity (Wildman–Crippen MR) is 87.0 cm³/mol. The minimum atomic E-state index is 0.218. The Morgan fingerprint density at radius 1 is 1.29 bits per heavy atom. The van der Waals surface area contributed by atoms with Gasteiger partial charge in [0.15, 0.2) is 0 Å². The average Bonchev–Trinajstić information content (AvgIpc) is 2.94. The van der Waals surface area contributed by atoms with Gasteiger partial charge in [0.05, 0.1) is 0 Å². The van der Waals surface area contributed by atoms with Crippen LogP contribution in [-0.2, 0) is 11.3 Å². The molecule has 0 aliphatic carbocycles. The molecule has 0 spiro atoms. The molecule has 1 N–H and O–H groups in total. The molecule has 1 aliphatic rings. The van der Waals surface area contributed by atoms with Gasteiger partial charge in [0.1, 0.15) is 0 Å². The van der Waals surface area contributed by atoms with Gasteiger partial charge >= 0.3 is 0 Å². The first-order valence-electron chi connectivity index (χ1n) is 8.34. The molecule has 1 aromatic rings. The van der Waals surface area contributed by atoms with E-state index in [0.717, 1.165) is 32.5 Å². The van der Waals surface area contributed by atoms with Crippen molar-refractivity contribution in [3.8, 4) is 0 Å². The third kappa shape index (κ3) is 5.50. The van der Waals surface area contributed by atoms with Gasteiger partial charge in [-0.05, 0) is 31.4 Å². The smallest absolute Gasteiger partial charge is 0.220 e. The summed E-state index contributed by atoms with van der Waals surface area (Å²) in [5, 5.41) is 3.12. The van der Waals surface area contributed by atoms with E-state index in [1.54, 1.807) is 0 Å². The fourth-order valence-corrected chi connectivity index (χ4v) is 3.01. The quantitative estimate of drug-likeness (QED) is 0.744. The van der Waals surface area contributed by atoms with Gasteiger partial charge in [-0.25, -0.2) is 0 Å². The summed E-state index contributed by atoms with van der Waals surface area (Å²) >= 11 is 0. The first-order chi connectivity index (χ1) is 10.3. The molecule has 1 aliphatic heterocycles. The molecular formula is C18H28N2O. The number of nitrogens with zero attached hydrogens (tertiary/aromatic N) is 1. The molecule has 1 unspecified atom stereocenters. The summed E-state index contributed by atoms with van der Waals surface area (Å²) in [6.45, 7) is 5.11. The zero-order valence-electron chi connectivity index (χ0n) is 13.2. The van der Waals surface area contributed by atoms with Crippen LogP contribution in [0.3, 0.4) is 0 Å². The van der Waals surface area contributed by atoms with E-state index < -0.39 is 0 Å². The second-order valence-electron chi connectivity index (χ2n) is 6.01. The second-order valence-corrected chi connectivity index (χ2v) is 6.01. The van der Waals surface area contributed by atoms with Crippen LogP contribution in [0.15, 0.2) is 30.3 Å². The number of benzene rings is 1. The summed E-state index contributed by atoms with van der Waals surface area (Å²) in [5.41, 5.74) is 1.36. The number of nitrogens with one attached hydrogen (secondary N) is 1. The molecule has 1 heterocycles. The molecule has 3 nitrogen and oxygen atoms in total. The molecule has 116 valence electrons. The van der Waals surface area contributed by atoms with E-state index in [-0.39, 0.29) is 5.91 Å². The Morgan fingerprint density at radius 3 is 2.86 bits per heavy atom. The summed E-state index contributed by atoms with van der Waals surface area (Å²) in [7, 11) is 0. The van der Waals surface area contributed by atoms with Gasteiger partial charge in [0, 0.05) is 25.6 Å². The molecule has 3 heteroatoms. The van der Waals surface area contributed by atoms with Gasteiger partial charge in [-0.2, -0.15) is 0 Å². The zero-order chi connectivity index (χ0) is 14.9. The first kappa shape index (κ1) is 16.0. The number of carbonyl (C=O) groups excluding carboxylic acids is 1. The lowest BCUT2D eigenvalue weighted by Gasteiger charge is -2.24. The van der Waals surface area contributed by atoms with Crippen LogP contribution in [0.5, 0.6) is 0 Å². The number of unbranched alkanes of at least 4 members (excludes halogenated alkanes) is 2. The highest BCUT2D eigenvalue weighted by Crippen LogP contribution is 2.19. The number of hydrogen-bond acceptors (Lipinski definition) is 2. The number of hydrogen-bond donors (Lipinski definition) is 1. The maximum atomic E-state index is 11.8. The monoisotopic (exact) mass is 288 g/mol. The maximum Gasteiger partial charge on any atom is 0.220 e. The normalized spacial score (nSPS) is 18.8. The van der Waals surface area contributed by atoms with Crippen molar-refractivity contribution in [2.45, 2.75) is 58.0 Å². The summed E-state index contributed by atoms with van der Waals surface area (Å²) in [4.78, 5) is 14.3. The van der Waals surface area contributed by atoms with Crippen molar-refractivity contribution in [2.24, 2.45) is 0 Å². The number of carbonyl (C=O) groups is 1. The van der Waals surface area contributed by atoms with Crippen molar-refractivity contribution in [1.29, 1.82) is 0 Å². The van der Waals surface area contributed by atoms with Crippen molar-refractivity contribution in [3.63, 3.8) is 0 Å². The Labute approximate surface area is 128 Å². The minimum absolute atomic E-state index is 0.218. The lowest BCUT2D eigenvalue weighted by Crippen LogP contribution is -2.39. The second kappa shape index (κ2) is 8.83. The van der Waals surface area contributed by atoms with Crippen molar-refractivity contribution >= 4 is 5.91 Å². The van der Waals surface area contributed by atoms with Gasteiger partial charge in [0.2, 0.25) is 5.91 Å². The van der Waals surface area contributed by atoms with Crippen LogP contribution < -0.4 is 5.32 Å². The average molecular weight is 288 g/mol. The third-order valence-corrected chi connectivity index (χ3v) is 4.27. The van der Waals surface area contributed by atoms with Crippen LogP contribution in [0.1, 0.15) is 51.0 Å². The van der Waals surface area contributed by atoms with Crippen LogP contribution in [0.4, 0.5) is 0 Å². The fraction of sp³-hybridized carbons (Fsp3) is 0.611. The molecule has 21 heavy (non-hydrogen) atoms. The van der Waals surface area contributed by atoms with Gasteiger partial charge in [-0.1, -0.05) is 50.1 Å². The molecule has 1 amide bonds. The highest BCUT2D eigenvalue weighted by Gasteiger charge is 2.24. The number of amides is 1. The lowest BCUT2D eigenvalue weighted by atomic mass is 10.1. The van der Waals surface area contributed by atoms with E-state index in [1.807, 2.05) is 0 Å². The third-order valence-electron chi connectivity index (χ3n) is 4.27. The van der Waals surface area contributed by atoms with Crippen LogP contribution in [0.25, 0.3) is 0 Å². The van der Waals surface area contributed by atoms with E-state index in [0.29, 0.717) is 12.5 Å². The number of rotatable bonds is 8. The van der Waals surface area contributed by atoms with E-state index in [2.05, 4.69) is 47.5 Å². The summed E-state index contributed by atoms with van der Waals surface area (Å²) in [5.74, 6) is 0.218. The molecule has 0 saturated carbocycles. The van der Waals surface area contributed by atoms with E-state index >= 15 is 0 Å². The highest BCUT2D eigenvalue weighted by molar-refractivity contribution is 5.75. The highest BCUT2D eigenvalue weighted by atomic mass is 16.1. The van der Waals surface area contributed by atoms with Crippen LogP contribution in [0.2, 0.25) is 0 Å². The van der Waals surface area contributed by atoms with E-state index in [9.17, 15) is 4.79 Å². The Balaban J connectivity index is 1.73. The van der Waals surface area contributed by atoms with Crippen LogP contribution >= 0.6 is 0 Å². The maximum absolute atomic E-state index is 11.8. The molecule has 1 saturated heterocycles. The summed E-state index contributed by atoms with van der Waals surface area (Å²) < 4.78 is 0. The molecule has 0 bridgehead atoms. The Hall–Kier alpha value is -1.35. The SMILES string of the molecule is CCCCCC(=O)NCC1CCCN1Cc1ccccc1. The summed E-state index contributed by atoms with van der Waals surface area (Å²) in [6.07, 6.45) is 6.45. The van der Waals surface area contributed by atoms with Gasteiger partial charge in [0.25, 0.3) is 0 Å². The van der Waals surface area contributed by atoms with Crippen molar-refractivity contribution in [2.75, 3.05) is 13.1 Å². The zero-order valence-corrected chi connectivity index (χ0v) is 13.2. The predicted octanol–water partition coefficient (Wildman–Crippen LogP) is 3.35. The van der Waals surface area contributed by atoms with E-state index in [1.165, 1.54) is 24.8 Å². The molecule has 2 rings (SSSR count). The van der Waals surface area contributed by atoms with Gasteiger partial charge < -0.3 is 5.32 Å². The molecule has 1 fully saturated rings. The van der Waals surface area contributed by atoms with Gasteiger partial charge in [-0.3, -0.25) is 9.69 Å². The standard InChI is InChI=1S/C18H28N2O/c1-2-3-5-12-18(21)19-14-17-11-8-13-20(17)15-16-9-6-4-7-10-16/h4,6-7,9-10,17H,2-3,5,8,11-15H2,1H3,(H,19,21). The van der Waals surface area contributed by atoms with Crippen molar-refractivity contribution in [3.05, 3.63) is 35.9 Å². The fourth-order valence-electron chi connectivity index (χ4n) is 3.01. The Morgan fingerprint density at radius 2 is 2.10 bits per heavy atom. The summed E-state index contributed by atoms with van der Waals surface area (Å²) in [6, 6.07) is 11.1. The molecule has 0 radical (unpaired) electrons. The lowest BCUT2D eigenvalue weighted by molar-refractivity contribution is -0.121. The minimum Gasteiger partial charge on any atom is -0.355 e. The Kier molecular flexibility index (Phi) is 6.74. The largest absolute Gasteiger partial charge is 0.355 e. The molecule has 1 aromatic carbocycles. The van der Waals surface area contributed by atoms with E-state index in [4.69, 9.17) is 0 Å². The number of likely N-dealkylation sites (tertiary alicyclic amines) is 1. The van der Waals surface area contributed by atoms with Gasteiger partial charge in [-0.15, -0.1) is 0 Å². The first-order valence-corrected chi connectivity index (χ1v) is 8.34. The molecule has 0 aromatic heterocycles. The topological polar surface area (TPSA) is 32.3 Å². The Bertz CT molecular complexity index is 418. The van der Waals surface area contributed by atoms with Crippen molar-refractivity contribution < 1.29 is 4.79 Å². The van der Waals surface area contributed by atoms with Crippen LogP contribution in [0, 0.1) is 0 Å². The van der Waals surface area contributed by atoms with Crippen molar-refractivity contribution in [1.82, 2.24) is 10.2 Å². The molecular weight excluding hydrogens is 260 g/mol.